The highest BCUT2D eigenvalue weighted by Crippen LogP contribution is 2.45. The molecule has 11 heteroatoms. The molecule has 0 atom stereocenters. The van der Waals surface area contributed by atoms with Gasteiger partial charge < -0.3 is 32.7 Å². The fourth-order valence-electron chi connectivity index (χ4n) is 5.80. The van der Waals surface area contributed by atoms with Gasteiger partial charge in [-0.2, -0.15) is 8.42 Å². The Labute approximate surface area is 317 Å². The van der Waals surface area contributed by atoms with Crippen molar-refractivity contribution in [1.82, 2.24) is 0 Å². The molecule has 1 aromatic heterocycles. The molecule has 0 unspecified atom stereocenters. The second-order valence-corrected chi connectivity index (χ2v) is 14.1. The molecule has 278 valence electrons. The van der Waals surface area contributed by atoms with E-state index in [4.69, 9.17) is 27.5 Å². The lowest BCUT2D eigenvalue weighted by atomic mass is 10.1. The van der Waals surface area contributed by atoms with Crippen LogP contribution in [0.3, 0.4) is 0 Å². The Morgan fingerprint density at radius 2 is 1.15 bits per heavy atom. The zero-order chi connectivity index (χ0) is 38.4. The lowest BCUT2D eigenvalue weighted by Crippen LogP contribution is -2.17. The summed E-state index contributed by atoms with van der Waals surface area (Å²) in [6, 6.07) is 40.6. The summed E-state index contributed by atoms with van der Waals surface area (Å²) in [6.07, 6.45) is 0. The van der Waals surface area contributed by atoms with Crippen LogP contribution in [0.2, 0.25) is 0 Å². The number of ether oxygens (including phenoxy) is 4. The molecule has 0 bridgehead atoms. The van der Waals surface area contributed by atoms with E-state index in [9.17, 15) is 18.3 Å². The highest BCUT2D eigenvalue weighted by atomic mass is 32.2. The number of fused-ring (bicyclic) bond motifs is 1. The molecule has 6 aromatic carbocycles. The van der Waals surface area contributed by atoms with E-state index in [1.54, 1.807) is 30.3 Å². The minimum Gasteiger partial charge on any atom is -0.504 e. The molecule has 7 rings (SSSR count). The van der Waals surface area contributed by atoms with Gasteiger partial charge in [0.25, 0.3) is 0 Å². The summed E-state index contributed by atoms with van der Waals surface area (Å²) in [7, 11) is -3.28. The smallest absolute Gasteiger partial charge is 0.339 e. The minimum absolute atomic E-state index is 0.0861. The van der Waals surface area contributed by atoms with E-state index in [-0.39, 0.29) is 64.3 Å². The molecule has 0 radical (unpaired) electrons. The number of benzene rings is 6. The first-order valence-electron chi connectivity index (χ1n) is 17.3. The van der Waals surface area contributed by atoms with Gasteiger partial charge in [-0.25, -0.2) is 0 Å². The van der Waals surface area contributed by atoms with Crippen LogP contribution in [0.15, 0.2) is 154 Å². The normalized spacial score (nSPS) is 11.2. The highest BCUT2D eigenvalue weighted by molar-refractivity contribution is 7.87. The van der Waals surface area contributed by atoms with Crippen LogP contribution >= 0.6 is 0 Å². The first-order valence-corrected chi connectivity index (χ1v) is 18.7. The first kappa shape index (κ1) is 36.6. The fourth-order valence-corrected chi connectivity index (χ4v) is 6.73. The molecule has 0 aliphatic heterocycles. The summed E-state index contributed by atoms with van der Waals surface area (Å²) in [4.78, 5) is 14.2. The van der Waals surface area contributed by atoms with E-state index < -0.39 is 27.0 Å². The van der Waals surface area contributed by atoms with Crippen LogP contribution in [0.5, 0.6) is 34.5 Å². The third-order valence-electron chi connectivity index (χ3n) is 8.66. The number of phenols is 1. The van der Waals surface area contributed by atoms with Crippen LogP contribution < -0.4 is 28.6 Å². The fraction of sp³-hybridized carbons (Fsp3) is 0.114. The monoisotopic (exact) mass is 756 g/mol. The van der Waals surface area contributed by atoms with E-state index in [1.165, 1.54) is 25.3 Å². The van der Waals surface area contributed by atoms with Crippen molar-refractivity contribution in [2.75, 3.05) is 7.11 Å². The number of hydrogen-bond acceptors (Lipinski definition) is 10. The van der Waals surface area contributed by atoms with Gasteiger partial charge in [-0.3, -0.25) is 4.79 Å². The van der Waals surface area contributed by atoms with E-state index in [0.717, 1.165) is 22.3 Å². The molecule has 0 saturated carbocycles. The van der Waals surface area contributed by atoms with Gasteiger partial charge in [-0.1, -0.05) is 109 Å². The Bertz CT molecular complexity index is 2590. The van der Waals surface area contributed by atoms with Crippen LogP contribution in [0.4, 0.5) is 0 Å². The molecule has 55 heavy (non-hydrogen) atoms. The maximum Gasteiger partial charge on any atom is 0.339 e. The zero-order valence-electron chi connectivity index (χ0n) is 29.9. The molecule has 1 heterocycles. The summed E-state index contributed by atoms with van der Waals surface area (Å²) in [5, 5.41) is 11.1. The summed E-state index contributed by atoms with van der Waals surface area (Å²) < 4.78 is 63.4. The van der Waals surface area contributed by atoms with Gasteiger partial charge in [0.05, 0.1) is 7.11 Å². The summed E-state index contributed by atoms with van der Waals surface area (Å²) in [6.45, 7) is 2.34. The van der Waals surface area contributed by atoms with Gasteiger partial charge >= 0.3 is 10.1 Å². The van der Waals surface area contributed by atoms with Crippen molar-refractivity contribution in [2.45, 2.75) is 31.6 Å². The molecule has 0 aliphatic carbocycles. The third kappa shape index (κ3) is 8.27. The van der Waals surface area contributed by atoms with Crippen molar-refractivity contribution < 1.29 is 41.1 Å². The van der Waals surface area contributed by atoms with Gasteiger partial charge in [0.2, 0.25) is 16.9 Å². The Morgan fingerprint density at radius 1 is 0.618 bits per heavy atom. The topological polar surface area (TPSA) is 131 Å². The molecule has 0 saturated heterocycles. The van der Waals surface area contributed by atoms with Gasteiger partial charge in [0, 0.05) is 11.6 Å². The van der Waals surface area contributed by atoms with Gasteiger partial charge in [0.1, 0.15) is 35.7 Å². The zero-order valence-corrected chi connectivity index (χ0v) is 30.7. The van der Waals surface area contributed by atoms with Crippen molar-refractivity contribution in [3.63, 3.8) is 0 Å². The van der Waals surface area contributed by atoms with Crippen LogP contribution in [0.1, 0.15) is 22.3 Å². The molecule has 0 amide bonds. The number of aromatic hydroxyl groups is 1. The van der Waals surface area contributed by atoms with Gasteiger partial charge in [-0.15, -0.1) is 0 Å². The Kier molecular flexibility index (Phi) is 10.7. The second kappa shape index (κ2) is 16.1. The van der Waals surface area contributed by atoms with E-state index in [2.05, 4.69) is 0 Å². The molecule has 0 spiro atoms. The maximum absolute atomic E-state index is 14.4. The summed E-state index contributed by atoms with van der Waals surface area (Å²) in [5.74, 6) is -0.925. The lowest BCUT2D eigenvalue weighted by Gasteiger charge is -2.17. The first-order chi connectivity index (χ1) is 26.7. The van der Waals surface area contributed by atoms with E-state index >= 15 is 0 Å². The second-order valence-electron chi connectivity index (χ2n) is 12.6. The summed E-state index contributed by atoms with van der Waals surface area (Å²) in [5.41, 5.74) is 2.63. The molecular weight excluding hydrogens is 721 g/mol. The average molecular weight is 757 g/mol. The molecule has 0 fully saturated rings. The van der Waals surface area contributed by atoms with Crippen molar-refractivity contribution in [1.29, 1.82) is 0 Å². The highest BCUT2D eigenvalue weighted by Gasteiger charge is 2.29. The number of phenolic OH excluding ortho intramolecular Hbond substituents is 1. The predicted octanol–water partition coefficient (Wildman–Crippen LogP) is 8.99. The van der Waals surface area contributed by atoms with Crippen LogP contribution in [0, 0.1) is 6.92 Å². The van der Waals surface area contributed by atoms with Crippen molar-refractivity contribution in [3.8, 4) is 45.8 Å². The average Bonchev–Trinajstić information content (AvgIpc) is 3.20. The Balaban J connectivity index is 1.38. The van der Waals surface area contributed by atoms with Crippen molar-refractivity contribution in [2.24, 2.45) is 0 Å². The number of hydrogen-bond donors (Lipinski definition) is 1. The van der Waals surface area contributed by atoms with Crippen molar-refractivity contribution >= 4 is 21.1 Å². The van der Waals surface area contributed by atoms with Crippen LogP contribution in [0.25, 0.3) is 22.3 Å². The van der Waals surface area contributed by atoms with Gasteiger partial charge in [0.15, 0.2) is 28.8 Å². The van der Waals surface area contributed by atoms with Crippen LogP contribution in [-0.2, 0) is 29.9 Å². The lowest BCUT2D eigenvalue weighted by molar-refractivity contribution is 0.256. The molecule has 1 N–H and O–H groups in total. The molecule has 10 nitrogen and oxygen atoms in total. The SMILES string of the molecule is COc1c(OCc2ccccc2)cc2oc(-c3ccc(OCc4ccccc4)c(OCc4ccccc4)c3)c(OS(=O)(=O)c3ccc(C)cc3)c(=O)c2c1O. The molecule has 7 aromatic rings. The van der Waals surface area contributed by atoms with Crippen LogP contribution in [-0.4, -0.2) is 20.6 Å². The number of rotatable bonds is 14. The third-order valence-corrected chi connectivity index (χ3v) is 9.90. The van der Waals surface area contributed by atoms with Gasteiger partial charge in [-0.05, 0) is 53.9 Å². The predicted molar refractivity (Wildman–Crippen MR) is 207 cm³/mol. The minimum atomic E-state index is -4.58. The van der Waals surface area contributed by atoms with E-state index in [1.807, 2.05) is 97.9 Å². The Morgan fingerprint density at radius 3 is 1.69 bits per heavy atom. The quantitative estimate of drug-likeness (QED) is 0.107. The van der Waals surface area contributed by atoms with Crippen molar-refractivity contribution in [3.05, 3.63) is 172 Å². The largest absolute Gasteiger partial charge is 0.504 e. The molecule has 0 aliphatic rings. The number of aryl methyl sites for hydroxylation is 1. The standard InChI is InChI=1S/C44H36O10S/c1-29-18-21-34(22-19-29)55(47,48)54-44-41(46)39-37(25-38(43(49-2)40(39)45)52-28-32-16-10-5-11-17-32)53-42(44)33-20-23-35(50-26-30-12-6-3-7-13-30)36(24-33)51-27-31-14-8-4-9-15-31/h3-25,45H,26-28H2,1-2H3. The summed E-state index contributed by atoms with van der Waals surface area (Å²) >= 11 is 0. The molecular formula is C44H36O10S. The Hall–Kier alpha value is -6.72. The van der Waals surface area contributed by atoms with E-state index in [0.29, 0.717) is 5.75 Å². The maximum atomic E-state index is 14.4. The number of methoxy groups -OCH3 is 1.